The maximum absolute atomic E-state index is 12.9. The van der Waals surface area contributed by atoms with Crippen molar-refractivity contribution in [2.24, 2.45) is 0 Å². The SMILES string of the molecule is CC(C)OP(=O)(OC(C)C)c1cc(-c2ccccc2)on1. The van der Waals surface area contributed by atoms with Crippen LogP contribution >= 0.6 is 7.60 Å². The van der Waals surface area contributed by atoms with Gasteiger partial charge in [0.15, 0.2) is 11.2 Å². The molecule has 0 aliphatic carbocycles. The second-order valence-electron chi connectivity index (χ2n) is 5.22. The van der Waals surface area contributed by atoms with E-state index in [1.54, 1.807) is 33.8 Å². The molecule has 0 N–H and O–H groups in total. The largest absolute Gasteiger partial charge is 0.383 e. The summed E-state index contributed by atoms with van der Waals surface area (Å²) in [6.07, 6.45) is -0.488. The summed E-state index contributed by atoms with van der Waals surface area (Å²) in [6, 6.07) is 11.1. The molecule has 5 nitrogen and oxygen atoms in total. The third-order valence-corrected chi connectivity index (χ3v) is 4.71. The van der Waals surface area contributed by atoms with Gasteiger partial charge < -0.3 is 13.6 Å². The zero-order chi connectivity index (χ0) is 15.5. The van der Waals surface area contributed by atoms with Crippen LogP contribution in [0.1, 0.15) is 27.7 Å². The standard InChI is InChI=1S/C15H20NO4P/c1-11(2)19-21(17,20-12(3)4)15-10-14(18-16-15)13-8-6-5-7-9-13/h5-12H,1-4H3. The topological polar surface area (TPSA) is 61.6 Å². The quantitative estimate of drug-likeness (QED) is 0.754. The zero-order valence-corrected chi connectivity index (χ0v) is 13.5. The van der Waals surface area contributed by atoms with E-state index in [0.29, 0.717) is 5.76 Å². The van der Waals surface area contributed by atoms with Gasteiger partial charge in [-0.25, -0.2) is 0 Å². The molecule has 2 aromatic rings. The summed E-state index contributed by atoms with van der Waals surface area (Å²) in [5.41, 5.74) is 1.06. The van der Waals surface area contributed by atoms with E-state index in [1.807, 2.05) is 30.3 Å². The van der Waals surface area contributed by atoms with Gasteiger partial charge in [0.2, 0.25) is 0 Å². The molecular formula is C15H20NO4P. The van der Waals surface area contributed by atoms with Gasteiger partial charge in [-0.3, -0.25) is 4.57 Å². The molecule has 0 unspecified atom stereocenters. The molecule has 0 aliphatic rings. The van der Waals surface area contributed by atoms with Crippen LogP contribution in [-0.2, 0) is 13.6 Å². The highest BCUT2D eigenvalue weighted by Gasteiger charge is 2.34. The van der Waals surface area contributed by atoms with Crippen molar-refractivity contribution in [3.63, 3.8) is 0 Å². The van der Waals surface area contributed by atoms with Gasteiger partial charge in [-0.1, -0.05) is 35.5 Å². The highest BCUT2D eigenvalue weighted by Crippen LogP contribution is 2.49. The third kappa shape index (κ3) is 4.03. The van der Waals surface area contributed by atoms with Gasteiger partial charge in [0.25, 0.3) is 0 Å². The van der Waals surface area contributed by atoms with Crippen molar-refractivity contribution >= 4 is 13.0 Å². The monoisotopic (exact) mass is 309 g/mol. The van der Waals surface area contributed by atoms with Crippen molar-refractivity contribution in [3.05, 3.63) is 36.4 Å². The van der Waals surface area contributed by atoms with Crippen LogP contribution in [0, 0.1) is 0 Å². The Morgan fingerprint density at radius 2 is 1.62 bits per heavy atom. The first-order valence-electron chi connectivity index (χ1n) is 6.90. The highest BCUT2D eigenvalue weighted by atomic mass is 31.2. The first kappa shape index (κ1) is 16.0. The van der Waals surface area contributed by atoms with Crippen LogP contribution in [0.25, 0.3) is 11.3 Å². The van der Waals surface area contributed by atoms with Crippen molar-refractivity contribution in [3.8, 4) is 11.3 Å². The average Bonchev–Trinajstić information content (AvgIpc) is 2.88. The molecule has 0 saturated carbocycles. The minimum atomic E-state index is -3.49. The van der Waals surface area contributed by atoms with Crippen molar-refractivity contribution in [1.29, 1.82) is 0 Å². The Balaban J connectivity index is 2.34. The van der Waals surface area contributed by atoms with E-state index in [-0.39, 0.29) is 17.6 Å². The Hall–Kier alpha value is -1.42. The van der Waals surface area contributed by atoms with Gasteiger partial charge in [0, 0.05) is 11.6 Å². The minimum absolute atomic E-state index is 0.198. The fraction of sp³-hybridized carbons (Fsp3) is 0.400. The molecule has 0 bridgehead atoms. The van der Waals surface area contributed by atoms with Crippen LogP contribution in [0.3, 0.4) is 0 Å². The second-order valence-corrected chi connectivity index (χ2v) is 7.10. The molecule has 2 rings (SSSR count). The van der Waals surface area contributed by atoms with E-state index >= 15 is 0 Å². The lowest BCUT2D eigenvalue weighted by atomic mass is 10.2. The molecule has 0 amide bonds. The molecule has 0 atom stereocenters. The highest BCUT2D eigenvalue weighted by molar-refractivity contribution is 7.62. The average molecular weight is 309 g/mol. The molecule has 1 aromatic carbocycles. The molecule has 21 heavy (non-hydrogen) atoms. The Morgan fingerprint density at radius 1 is 1.05 bits per heavy atom. The maximum atomic E-state index is 12.9. The maximum Gasteiger partial charge on any atom is 0.383 e. The van der Waals surface area contributed by atoms with E-state index in [2.05, 4.69) is 5.16 Å². The van der Waals surface area contributed by atoms with E-state index in [1.165, 1.54) is 0 Å². The Labute approximate surface area is 124 Å². The van der Waals surface area contributed by atoms with E-state index < -0.39 is 7.60 Å². The first-order valence-corrected chi connectivity index (χ1v) is 8.44. The number of benzene rings is 1. The molecule has 1 heterocycles. The number of rotatable bonds is 6. The van der Waals surface area contributed by atoms with Gasteiger partial charge >= 0.3 is 7.60 Å². The summed E-state index contributed by atoms with van der Waals surface area (Å²) >= 11 is 0. The zero-order valence-electron chi connectivity index (χ0n) is 12.6. The van der Waals surface area contributed by atoms with Crippen molar-refractivity contribution in [2.45, 2.75) is 39.9 Å². The summed E-state index contributed by atoms with van der Waals surface area (Å²) in [5.74, 6) is 0.533. The van der Waals surface area contributed by atoms with Crippen molar-refractivity contribution in [1.82, 2.24) is 5.16 Å². The van der Waals surface area contributed by atoms with Crippen molar-refractivity contribution < 1.29 is 18.1 Å². The van der Waals surface area contributed by atoms with Crippen LogP contribution in [0.4, 0.5) is 0 Å². The fourth-order valence-corrected chi connectivity index (χ4v) is 3.61. The lowest BCUT2D eigenvalue weighted by Gasteiger charge is -2.20. The molecule has 0 spiro atoms. The van der Waals surface area contributed by atoms with Gasteiger partial charge in [0.1, 0.15) is 0 Å². The number of hydrogen-bond donors (Lipinski definition) is 0. The summed E-state index contributed by atoms with van der Waals surface area (Å²) in [7, 11) is -3.49. The number of nitrogens with zero attached hydrogens (tertiary/aromatic N) is 1. The molecule has 0 saturated heterocycles. The fourth-order valence-electron chi connectivity index (χ4n) is 1.82. The molecule has 0 fully saturated rings. The smallest absolute Gasteiger partial charge is 0.355 e. The molecular weight excluding hydrogens is 289 g/mol. The van der Waals surface area contributed by atoms with E-state index in [9.17, 15) is 4.57 Å². The summed E-state index contributed by atoms with van der Waals surface area (Å²) < 4.78 is 29.2. The predicted octanol–water partition coefficient (Wildman–Crippen LogP) is 4.01. The second kappa shape index (κ2) is 6.56. The summed E-state index contributed by atoms with van der Waals surface area (Å²) in [6.45, 7) is 7.20. The number of hydrogen-bond acceptors (Lipinski definition) is 5. The Bertz CT molecular complexity index is 608. The van der Waals surface area contributed by atoms with Crippen molar-refractivity contribution in [2.75, 3.05) is 0 Å². The van der Waals surface area contributed by atoms with Crippen LogP contribution in [0.2, 0.25) is 0 Å². The number of aromatic nitrogens is 1. The minimum Gasteiger partial charge on any atom is -0.355 e. The van der Waals surface area contributed by atoms with Crippen LogP contribution in [-0.4, -0.2) is 17.4 Å². The van der Waals surface area contributed by atoms with Gasteiger partial charge in [0.05, 0.1) is 12.2 Å². The lowest BCUT2D eigenvalue weighted by molar-refractivity contribution is 0.149. The van der Waals surface area contributed by atoms with Gasteiger partial charge in [-0.05, 0) is 27.7 Å². The lowest BCUT2D eigenvalue weighted by Crippen LogP contribution is -2.17. The van der Waals surface area contributed by atoms with E-state index in [4.69, 9.17) is 13.6 Å². The molecule has 6 heteroatoms. The molecule has 0 aliphatic heterocycles. The summed E-state index contributed by atoms with van der Waals surface area (Å²) in [4.78, 5) is 0. The normalized spacial score (nSPS) is 12.3. The van der Waals surface area contributed by atoms with Crippen LogP contribution in [0.15, 0.2) is 40.9 Å². The third-order valence-electron chi connectivity index (χ3n) is 2.54. The van der Waals surface area contributed by atoms with Crippen LogP contribution < -0.4 is 5.44 Å². The van der Waals surface area contributed by atoms with Gasteiger partial charge in [-0.15, -0.1) is 0 Å². The van der Waals surface area contributed by atoms with Gasteiger partial charge in [-0.2, -0.15) is 0 Å². The van der Waals surface area contributed by atoms with E-state index in [0.717, 1.165) is 5.56 Å². The predicted molar refractivity (Wildman–Crippen MR) is 81.6 cm³/mol. The molecule has 0 radical (unpaired) electrons. The molecule has 114 valence electrons. The molecule has 1 aromatic heterocycles. The Morgan fingerprint density at radius 3 is 2.14 bits per heavy atom. The first-order chi connectivity index (χ1) is 9.90. The summed E-state index contributed by atoms with van der Waals surface area (Å²) in [5, 5.41) is 3.88. The van der Waals surface area contributed by atoms with Crippen LogP contribution in [0.5, 0.6) is 0 Å². The Kier molecular flexibility index (Phi) is 4.99.